The summed E-state index contributed by atoms with van der Waals surface area (Å²) in [6, 6.07) is -0.153. The van der Waals surface area contributed by atoms with E-state index in [2.05, 4.69) is 5.32 Å². The monoisotopic (exact) mass is 244 g/mol. The smallest absolute Gasteiger partial charge is 0.240 e. The molecule has 0 aromatic heterocycles. The van der Waals surface area contributed by atoms with Crippen LogP contribution in [0.4, 0.5) is 0 Å². The highest BCUT2D eigenvalue weighted by atomic mass is 16.5. The number of nitrogens with zero attached hydrogens (tertiary/aromatic N) is 1. The summed E-state index contributed by atoms with van der Waals surface area (Å²) in [5.41, 5.74) is 0. The molecule has 1 aliphatic rings. The van der Waals surface area contributed by atoms with Crippen LogP contribution in [0.1, 0.15) is 20.3 Å². The first-order valence-electron chi connectivity index (χ1n) is 6.37. The van der Waals surface area contributed by atoms with Crippen LogP contribution < -0.4 is 5.32 Å². The summed E-state index contributed by atoms with van der Waals surface area (Å²) in [5, 5.41) is 12.0. The highest BCUT2D eigenvalue weighted by molar-refractivity contribution is 5.82. The van der Waals surface area contributed by atoms with Crippen molar-refractivity contribution in [2.75, 3.05) is 39.5 Å². The molecule has 1 rings (SSSR count). The van der Waals surface area contributed by atoms with Crippen molar-refractivity contribution in [3.05, 3.63) is 0 Å². The third-order valence-corrected chi connectivity index (χ3v) is 2.95. The summed E-state index contributed by atoms with van der Waals surface area (Å²) >= 11 is 0. The van der Waals surface area contributed by atoms with Crippen LogP contribution in [0.15, 0.2) is 0 Å². The Labute approximate surface area is 103 Å². The minimum Gasteiger partial charge on any atom is -0.396 e. The van der Waals surface area contributed by atoms with Crippen LogP contribution in [-0.2, 0) is 9.53 Å². The second kappa shape index (κ2) is 7.63. The quantitative estimate of drug-likeness (QED) is 0.638. The molecular weight excluding hydrogens is 220 g/mol. The third kappa shape index (κ3) is 4.61. The van der Waals surface area contributed by atoms with Crippen LogP contribution >= 0.6 is 0 Å². The van der Waals surface area contributed by atoms with E-state index < -0.39 is 0 Å². The number of carbonyl (C=O) groups is 1. The standard InChI is InChI=1S/C12H24N2O3/c1-10(2)11(13-4-3-7-15)12(16)14-5-8-17-9-6-14/h10-11,13,15H,3-9H2,1-2H3. The molecule has 1 fully saturated rings. The van der Waals surface area contributed by atoms with Gasteiger partial charge in [-0.1, -0.05) is 13.8 Å². The molecule has 100 valence electrons. The van der Waals surface area contributed by atoms with Crippen molar-refractivity contribution >= 4 is 5.91 Å². The zero-order valence-electron chi connectivity index (χ0n) is 10.8. The number of hydrogen-bond acceptors (Lipinski definition) is 4. The van der Waals surface area contributed by atoms with Gasteiger partial charge < -0.3 is 20.1 Å². The van der Waals surface area contributed by atoms with E-state index in [1.807, 2.05) is 18.7 Å². The molecule has 0 spiro atoms. The van der Waals surface area contributed by atoms with E-state index in [1.165, 1.54) is 0 Å². The van der Waals surface area contributed by atoms with Crippen molar-refractivity contribution < 1.29 is 14.6 Å². The molecule has 1 saturated heterocycles. The van der Waals surface area contributed by atoms with Crippen LogP contribution in [0.25, 0.3) is 0 Å². The van der Waals surface area contributed by atoms with Crippen molar-refractivity contribution in [2.45, 2.75) is 26.3 Å². The fourth-order valence-corrected chi connectivity index (χ4v) is 1.93. The number of amides is 1. The van der Waals surface area contributed by atoms with Crippen molar-refractivity contribution in [3.8, 4) is 0 Å². The van der Waals surface area contributed by atoms with Crippen LogP contribution in [0, 0.1) is 5.92 Å². The van der Waals surface area contributed by atoms with E-state index in [1.54, 1.807) is 0 Å². The second-order valence-corrected chi connectivity index (χ2v) is 4.69. The van der Waals surface area contributed by atoms with Gasteiger partial charge in [-0.3, -0.25) is 4.79 Å². The number of carbonyl (C=O) groups excluding carboxylic acids is 1. The number of hydrogen-bond donors (Lipinski definition) is 2. The number of ether oxygens (including phenoxy) is 1. The number of aliphatic hydroxyl groups excluding tert-OH is 1. The molecule has 0 saturated carbocycles. The molecule has 1 unspecified atom stereocenters. The summed E-state index contributed by atoms with van der Waals surface area (Å²) in [6.07, 6.45) is 0.680. The number of morpholine rings is 1. The highest BCUT2D eigenvalue weighted by Gasteiger charge is 2.27. The number of aliphatic hydroxyl groups is 1. The molecule has 2 N–H and O–H groups in total. The summed E-state index contributed by atoms with van der Waals surface area (Å²) < 4.78 is 5.24. The molecule has 0 aromatic carbocycles. The van der Waals surface area contributed by atoms with Gasteiger partial charge in [0.05, 0.1) is 19.3 Å². The molecule has 17 heavy (non-hydrogen) atoms. The molecule has 0 aliphatic carbocycles. The zero-order chi connectivity index (χ0) is 12.7. The van der Waals surface area contributed by atoms with Gasteiger partial charge >= 0.3 is 0 Å². The lowest BCUT2D eigenvalue weighted by Gasteiger charge is -2.32. The molecule has 0 radical (unpaired) electrons. The molecular formula is C12H24N2O3. The average molecular weight is 244 g/mol. The van der Waals surface area contributed by atoms with Crippen molar-refractivity contribution in [3.63, 3.8) is 0 Å². The van der Waals surface area contributed by atoms with Crippen LogP contribution in [0.2, 0.25) is 0 Å². The van der Waals surface area contributed by atoms with Crippen LogP contribution in [0.5, 0.6) is 0 Å². The lowest BCUT2D eigenvalue weighted by Crippen LogP contribution is -2.52. The maximum atomic E-state index is 12.3. The van der Waals surface area contributed by atoms with Gasteiger partial charge in [0.25, 0.3) is 0 Å². The predicted molar refractivity (Wildman–Crippen MR) is 65.7 cm³/mol. The molecule has 1 amide bonds. The van der Waals surface area contributed by atoms with E-state index in [4.69, 9.17) is 9.84 Å². The van der Waals surface area contributed by atoms with Crippen LogP contribution in [-0.4, -0.2) is 61.4 Å². The van der Waals surface area contributed by atoms with Gasteiger partial charge in [-0.25, -0.2) is 0 Å². The molecule has 5 nitrogen and oxygen atoms in total. The van der Waals surface area contributed by atoms with Gasteiger partial charge in [-0.15, -0.1) is 0 Å². The lowest BCUT2D eigenvalue weighted by molar-refractivity contribution is -0.138. The van der Waals surface area contributed by atoms with Gasteiger partial charge in [0, 0.05) is 19.7 Å². The van der Waals surface area contributed by atoms with Crippen molar-refractivity contribution in [2.24, 2.45) is 5.92 Å². The molecule has 0 aromatic rings. The Kier molecular flexibility index (Phi) is 6.47. The Hall–Kier alpha value is -0.650. The summed E-state index contributed by atoms with van der Waals surface area (Å²) in [5.74, 6) is 0.408. The van der Waals surface area contributed by atoms with Crippen molar-refractivity contribution in [1.29, 1.82) is 0 Å². The Morgan fingerprint density at radius 1 is 1.41 bits per heavy atom. The van der Waals surface area contributed by atoms with Gasteiger partial charge in [0.1, 0.15) is 0 Å². The molecule has 5 heteroatoms. The average Bonchev–Trinajstić information content (AvgIpc) is 2.34. The summed E-state index contributed by atoms with van der Waals surface area (Å²) in [6.45, 7) is 7.54. The lowest BCUT2D eigenvalue weighted by atomic mass is 10.0. The van der Waals surface area contributed by atoms with Gasteiger partial charge in [-0.05, 0) is 18.9 Å². The largest absolute Gasteiger partial charge is 0.396 e. The first-order valence-corrected chi connectivity index (χ1v) is 6.37. The van der Waals surface area contributed by atoms with E-state index in [9.17, 15) is 4.79 Å². The maximum absolute atomic E-state index is 12.3. The molecule has 1 aliphatic heterocycles. The van der Waals surface area contributed by atoms with E-state index in [-0.39, 0.29) is 24.5 Å². The highest BCUT2D eigenvalue weighted by Crippen LogP contribution is 2.08. The van der Waals surface area contributed by atoms with Crippen LogP contribution in [0.3, 0.4) is 0 Å². The third-order valence-electron chi connectivity index (χ3n) is 2.95. The second-order valence-electron chi connectivity index (χ2n) is 4.69. The number of rotatable bonds is 6. The Morgan fingerprint density at radius 2 is 2.06 bits per heavy atom. The predicted octanol–water partition coefficient (Wildman–Crippen LogP) is -0.158. The Morgan fingerprint density at radius 3 is 2.59 bits per heavy atom. The number of nitrogens with one attached hydrogen (secondary N) is 1. The normalized spacial score (nSPS) is 18.5. The van der Waals surface area contributed by atoms with E-state index >= 15 is 0 Å². The summed E-state index contributed by atoms with van der Waals surface area (Å²) in [7, 11) is 0. The Balaban J connectivity index is 2.46. The van der Waals surface area contributed by atoms with Gasteiger partial charge in [0.15, 0.2) is 0 Å². The first kappa shape index (κ1) is 14.4. The van der Waals surface area contributed by atoms with Gasteiger partial charge in [-0.2, -0.15) is 0 Å². The SMILES string of the molecule is CC(C)C(NCCCO)C(=O)N1CCOCC1. The maximum Gasteiger partial charge on any atom is 0.240 e. The Bertz CT molecular complexity index is 228. The van der Waals surface area contributed by atoms with Crippen molar-refractivity contribution in [1.82, 2.24) is 10.2 Å². The molecule has 1 heterocycles. The minimum absolute atomic E-state index is 0.153. The molecule has 0 bridgehead atoms. The fourth-order valence-electron chi connectivity index (χ4n) is 1.93. The van der Waals surface area contributed by atoms with Gasteiger partial charge in [0.2, 0.25) is 5.91 Å². The fraction of sp³-hybridized carbons (Fsp3) is 0.917. The minimum atomic E-state index is -0.153. The molecule has 1 atom stereocenters. The topological polar surface area (TPSA) is 61.8 Å². The first-order chi connectivity index (χ1) is 8.16. The summed E-state index contributed by atoms with van der Waals surface area (Å²) in [4.78, 5) is 14.1. The van der Waals surface area contributed by atoms with E-state index in [0.717, 1.165) is 0 Å². The van der Waals surface area contributed by atoms with E-state index in [0.29, 0.717) is 39.3 Å². The zero-order valence-corrected chi connectivity index (χ0v) is 10.8.